The molecule has 1 atom stereocenters. The van der Waals surface area contributed by atoms with Crippen molar-refractivity contribution in [1.82, 2.24) is 5.32 Å². The lowest BCUT2D eigenvalue weighted by Crippen LogP contribution is -2.36. The predicted octanol–water partition coefficient (Wildman–Crippen LogP) is 3.12. The van der Waals surface area contributed by atoms with Crippen LogP contribution >= 0.6 is 0 Å². The number of ether oxygens (including phenoxy) is 2. The molecule has 0 bridgehead atoms. The van der Waals surface area contributed by atoms with E-state index in [2.05, 4.69) is 35.6 Å². The molecule has 20 heavy (non-hydrogen) atoms. The Hall–Kier alpha value is -1.58. The molecular weight excluding hydrogens is 250 g/mol. The fraction of sp³-hybridized carbons (Fsp3) is 0.412. The van der Waals surface area contributed by atoms with Gasteiger partial charge in [0.05, 0.1) is 13.7 Å². The Labute approximate surface area is 119 Å². The maximum atomic E-state index is 5.49. The van der Waals surface area contributed by atoms with Crippen LogP contribution in [0.1, 0.15) is 18.4 Å². The van der Waals surface area contributed by atoms with Crippen molar-refractivity contribution in [2.24, 2.45) is 0 Å². The first-order valence-electron chi connectivity index (χ1n) is 7.23. The summed E-state index contributed by atoms with van der Waals surface area (Å²) in [5.74, 6) is 0.905. The van der Waals surface area contributed by atoms with Crippen LogP contribution in [0.25, 0.3) is 10.8 Å². The molecule has 0 aliphatic carbocycles. The minimum absolute atomic E-state index is 0.496. The molecule has 1 aliphatic heterocycles. The molecule has 0 radical (unpaired) electrons. The number of hydrogen-bond donors (Lipinski definition) is 1. The fourth-order valence-electron chi connectivity index (χ4n) is 2.67. The summed E-state index contributed by atoms with van der Waals surface area (Å²) in [6.45, 7) is 2.65. The van der Waals surface area contributed by atoms with E-state index in [1.54, 1.807) is 7.11 Å². The van der Waals surface area contributed by atoms with E-state index in [1.807, 2.05) is 6.07 Å². The van der Waals surface area contributed by atoms with Gasteiger partial charge in [0.1, 0.15) is 5.75 Å². The van der Waals surface area contributed by atoms with Gasteiger partial charge in [-0.3, -0.25) is 0 Å². The Morgan fingerprint density at radius 1 is 1.20 bits per heavy atom. The van der Waals surface area contributed by atoms with Crippen LogP contribution in [-0.2, 0) is 11.3 Å². The van der Waals surface area contributed by atoms with Gasteiger partial charge in [-0.1, -0.05) is 18.2 Å². The molecule has 0 amide bonds. The number of rotatable bonds is 4. The van der Waals surface area contributed by atoms with Gasteiger partial charge < -0.3 is 14.8 Å². The smallest absolute Gasteiger partial charge is 0.119 e. The third-order valence-electron chi connectivity index (χ3n) is 3.87. The van der Waals surface area contributed by atoms with Crippen LogP contribution in [-0.4, -0.2) is 26.4 Å². The maximum Gasteiger partial charge on any atom is 0.119 e. The minimum Gasteiger partial charge on any atom is -0.497 e. The highest BCUT2D eigenvalue weighted by atomic mass is 16.5. The monoisotopic (exact) mass is 271 g/mol. The number of hydrogen-bond acceptors (Lipinski definition) is 3. The summed E-state index contributed by atoms with van der Waals surface area (Å²) in [7, 11) is 1.70. The highest BCUT2D eigenvalue weighted by Gasteiger charge is 2.12. The van der Waals surface area contributed by atoms with Crippen LogP contribution in [0, 0.1) is 0 Å². The first-order valence-corrected chi connectivity index (χ1v) is 7.23. The van der Waals surface area contributed by atoms with Crippen molar-refractivity contribution in [2.45, 2.75) is 25.4 Å². The molecule has 2 aromatic carbocycles. The summed E-state index contributed by atoms with van der Waals surface area (Å²) in [5.41, 5.74) is 1.31. The molecule has 106 valence electrons. The molecule has 3 nitrogen and oxygen atoms in total. The van der Waals surface area contributed by atoms with Crippen LogP contribution in [0.15, 0.2) is 36.4 Å². The van der Waals surface area contributed by atoms with Gasteiger partial charge in [-0.2, -0.15) is 0 Å². The molecule has 1 aliphatic rings. The van der Waals surface area contributed by atoms with Gasteiger partial charge in [0.25, 0.3) is 0 Å². The zero-order chi connectivity index (χ0) is 13.8. The Morgan fingerprint density at radius 3 is 2.85 bits per heavy atom. The van der Waals surface area contributed by atoms with E-state index < -0.39 is 0 Å². The average molecular weight is 271 g/mol. The standard InChI is InChI=1S/C17H21NO2/c1-19-17-7-6-14-9-13(4-5-15(14)10-17)11-18-16-3-2-8-20-12-16/h4-7,9-10,16,18H,2-3,8,11-12H2,1H3. The third kappa shape index (κ3) is 3.11. The van der Waals surface area contributed by atoms with Gasteiger partial charge in [-0.25, -0.2) is 0 Å². The van der Waals surface area contributed by atoms with E-state index >= 15 is 0 Å². The fourth-order valence-corrected chi connectivity index (χ4v) is 2.67. The minimum atomic E-state index is 0.496. The van der Waals surface area contributed by atoms with Gasteiger partial charge in [-0.05, 0) is 47.4 Å². The Balaban J connectivity index is 1.69. The molecule has 3 rings (SSSR count). The lowest BCUT2D eigenvalue weighted by Gasteiger charge is -2.23. The normalized spacial score (nSPS) is 19.1. The van der Waals surface area contributed by atoms with Gasteiger partial charge in [0, 0.05) is 19.2 Å². The second-order valence-corrected chi connectivity index (χ2v) is 5.34. The lowest BCUT2D eigenvalue weighted by atomic mass is 10.1. The largest absolute Gasteiger partial charge is 0.497 e. The van der Waals surface area contributed by atoms with E-state index in [1.165, 1.54) is 22.8 Å². The molecule has 2 aromatic rings. The van der Waals surface area contributed by atoms with E-state index in [-0.39, 0.29) is 0 Å². The van der Waals surface area contributed by atoms with Crippen LogP contribution in [0.3, 0.4) is 0 Å². The molecule has 0 aromatic heterocycles. The Kier molecular flexibility index (Phi) is 4.19. The summed E-state index contributed by atoms with van der Waals surface area (Å²) in [6.07, 6.45) is 2.37. The molecule has 1 N–H and O–H groups in total. The molecule has 1 fully saturated rings. The second kappa shape index (κ2) is 6.25. The number of benzene rings is 2. The number of methoxy groups -OCH3 is 1. The van der Waals surface area contributed by atoms with Crippen molar-refractivity contribution in [1.29, 1.82) is 0 Å². The van der Waals surface area contributed by atoms with Crippen molar-refractivity contribution in [3.8, 4) is 5.75 Å². The number of fused-ring (bicyclic) bond motifs is 1. The van der Waals surface area contributed by atoms with E-state index in [4.69, 9.17) is 9.47 Å². The highest BCUT2D eigenvalue weighted by Crippen LogP contribution is 2.22. The van der Waals surface area contributed by atoms with Crippen molar-refractivity contribution in [3.63, 3.8) is 0 Å². The van der Waals surface area contributed by atoms with Crippen molar-refractivity contribution < 1.29 is 9.47 Å². The quantitative estimate of drug-likeness (QED) is 0.927. The molecular formula is C17H21NO2. The van der Waals surface area contributed by atoms with Crippen LogP contribution in [0.4, 0.5) is 0 Å². The third-order valence-corrected chi connectivity index (χ3v) is 3.87. The van der Waals surface area contributed by atoms with Crippen LogP contribution < -0.4 is 10.1 Å². The highest BCUT2D eigenvalue weighted by molar-refractivity contribution is 5.84. The molecule has 0 spiro atoms. The van der Waals surface area contributed by atoms with Crippen molar-refractivity contribution in [3.05, 3.63) is 42.0 Å². The molecule has 0 saturated carbocycles. The van der Waals surface area contributed by atoms with Gasteiger partial charge in [-0.15, -0.1) is 0 Å². The second-order valence-electron chi connectivity index (χ2n) is 5.34. The van der Waals surface area contributed by atoms with Crippen LogP contribution in [0.2, 0.25) is 0 Å². The first-order chi connectivity index (χ1) is 9.85. The molecule has 3 heteroatoms. The summed E-state index contributed by atoms with van der Waals surface area (Å²) >= 11 is 0. The first kappa shape index (κ1) is 13.4. The zero-order valence-corrected chi connectivity index (χ0v) is 11.9. The Bertz CT molecular complexity index is 576. The van der Waals surface area contributed by atoms with E-state index in [0.717, 1.165) is 31.9 Å². The maximum absolute atomic E-state index is 5.49. The lowest BCUT2D eigenvalue weighted by molar-refractivity contribution is 0.0699. The molecule has 1 unspecified atom stereocenters. The van der Waals surface area contributed by atoms with Crippen molar-refractivity contribution in [2.75, 3.05) is 20.3 Å². The SMILES string of the molecule is COc1ccc2cc(CNC3CCCOC3)ccc2c1. The Morgan fingerprint density at radius 2 is 2.05 bits per heavy atom. The summed E-state index contributed by atoms with van der Waals surface area (Å²) in [6, 6.07) is 13.3. The van der Waals surface area contributed by atoms with Crippen molar-refractivity contribution >= 4 is 10.8 Å². The summed E-state index contributed by atoms with van der Waals surface area (Å²) in [5, 5.41) is 6.05. The zero-order valence-electron chi connectivity index (χ0n) is 11.9. The van der Waals surface area contributed by atoms with Gasteiger partial charge >= 0.3 is 0 Å². The van der Waals surface area contributed by atoms with Gasteiger partial charge in [0.15, 0.2) is 0 Å². The summed E-state index contributed by atoms with van der Waals surface area (Å²) < 4.78 is 10.7. The van der Waals surface area contributed by atoms with E-state index in [0.29, 0.717) is 6.04 Å². The average Bonchev–Trinajstić information content (AvgIpc) is 2.53. The topological polar surface area (TPSA) is 30.5 Å². The number of nitrogens with one attached hydrogen (secondary N) is 1. The van der Waals surface area contributed by atoms with Crippen LogP contribution in [0.5, 0.6) is 5.75 Å². The van der Waals surface area contributed by atoms with Gasteiger partial charge in [0.2, 0.25) is 0 Å². The van der Waals surface area contributed by atoms with E-state index in [9.17, 15) is 0 Å². The summed E-state index contributed by atoms with van der Waals surface area (Å²) in [4.78, 5) is 0. The molecule has 1 saturated heterocycles. The predicted molar refractivity (Wildman–Crippen MR) is 81.2 cm³/mol. The molecule has 1 heterocycles.